The molecule has 1 aliphatic rings. The van der Waals surface area contributed by atoms with Crippen molar-refractivity contribution in [1.29, 1.82) is 0 Å². The van der Waals surface area contributed by atoms with Crippen molar-refractivity contribution in [3.05, 3.63) is 53.4 Å². The Labute approximate surface area is 133 Å². The number of amides is 2. The number of carbonyl (C=O) groups excluding carboxylic acids is 2. The van der Waals surface area contributed by atoms with Crippen LogP contribution in [0.4, 0.5) is 5.69 Å². The topological polar surface area (TPSA) is 53.8 Å². The first kappa shape index (κ1) is 14.7. The molecule has 0 spiro atoms. The summed E-state index contributed by atoms with van der Waals surface area (Å²) < 4.78 is 5.19. The molecule has 1 saturated heterocycles. The quantitative estimate of drug-likeness (QED) is 0.870. The smallest absolute Gasteiger partial charge is 0.295 e. The van der Waals surface area contributed by atoms with E-state index < -0.39 is 0 Å². The van der Waals surface area contributed by atoms with Gasteiger partial charge in [0.05, 0.1) is 6.26 Å². The van der Waals surface area contributed by atoms with Crippen LogP contribution in [0.15, 0.2) is 47.1 Å². The first-order valence-corrected chi connectivity index (χ1v) is 7.41. The molecule has 3 rings (SSSR count). The van der Waals surface area contributed by atoms with Crippen molar-refractivity contribution in [2.45, 2.75) is 12.8 Å². The summed E-state index contributed by atoms with van der Waals surface area (Å²) in [6.45, 7) is 0.847. The molecule has 114 valence electrons. The third-order valence-electron chi connectivity index (χ3n) is 3.58. The number of hydrogen-bond donors (Lipinski definition) is 0. The van der Waals surface area contributed by atoms with Crippen LogP contribution in [0.2, 0.25) is 5.02 Å². The highest BCUT2D eigenvalue weighted by atomic mass is 35.5. The second-order valence-corrected chi connectivity index (χ2v) is 5.53. The summed E-state index contributed by atoms with van der Waals surface area (Å²) in [6, 6.07) is 10.2. The molecule has 1 fully saturated rings. The Kier molecular flexibility index (Phi) is 4.15. The minimum absolute atomic E-state index is 0.0549. The average molecular weight is 319 g/mol. The molecule has 0 saturated carbocycles. The number of benzene rings is 1. The number of carbonyl (C=O) groups is 2. The van der Waals surface area contributed by atoms with Crippen LogP contribution in [-0.4, -0.2) is 29.9 Å². The third kappa shape index (κ3) is 2.99. The molecule has 22 heavy (non-hydrogen) atoms. The van der Waals surface area contributed by atoms with Gasteiger partial charge in [-0.1, -0.05) is 17.7 Å². The van der Waals surface area contributed by atoms with Crippen LogP contribution in [0, 0.1) is 0 Å². The summed E-state index contributed by atoms with van der Waals surface area (Å²) in [5.74, 6) is -0.0159. The van der Waals surface area contributed by atoms with Crippen molar-refractivity contribution in [2.75, 3.05) is 18.1 Å². The summed E-state index contributed by atoms with van der Waals surface area (Å²) in [6.07, 6.45) is 2.79. The van der Waals surface area contributed by atoms with Gasteiger partial charge in [-0.15, -0.1) is 0 Å². The summed E-state index contributed by atoms with van der Waals surface area (Å²) in [4.78, 5) is 27.7. The molecule has 6 heteroatoms. The highest BCUT2D eigenvalue weighted by molar-refractivity contribution is 6.31. The van der Waals surface area contributed by atoms with Crippen LogP contribution in [0.25, 0.3) is 0 Å². The zero-order valence-corrected chi connectivity index (χ0v) is 12.6. The van der Waals surface area contributed by atoms with E-state index in [2.05, 4.69) is 0 Å². The van der Waals surface area contributed by atoms with Gasteiger partial charge in [0.1, 0.15) is 6.67 Å². The Balaban J connectivity index is 1.91. The van der Waals surface area contributed by atoms with Crippen molar-refractivity contribution in [3.63, 3.8) is 0 Å². The molecule has 0 bridgehead atoms. The van der Waals surface area contributed by atoms with Gasteiger partial charge in [-0.05, 0) is 36.8 Å². The molecule has 2 amide bonds. The normalized spacial score (nSPS) is 14.4. The zero-order valence-electron chi connectivity index (χ0n) is 11.9. The number of nitrogens with zero attached hydrogens (tertiary/aromatic N) is 2. The van der Waals surface area contributed by atoms with Crippen LogP contribution < -0.4 is 4.90 Å². The Morgan fingerprint density at radius 2 is 2.18 bits per heavy atom. The molecule has 1 aromatic carbocycles. The van der Waals surface area contributed by atoms with Crippen LogP contribution in [-0.2, 0) is 4.79 Å². The van der Waals surface area contributed by atoms with Crippen LogP contribution in [0.3, 0.4) is 0 Å². The Morgan fingerprint density at radius 3 is 2.82 bits per heavy atom. The summed E-state index contributed by atoms with van der Waals surface area (Å²) in [5, 5.41) is 0.530. The van der Waals surface area contributed by atoms with E-state index in [-0.39, 0.29) is 24.2 Å². The molecular formula is C16H15ClN2O3. The van der Waals surface area contributed by atoms with Crippen molar-refractivity contribution in [1.82, 2.24) is 4.90 Å². The Bertz CT molecular complexity index is 684. The van der Waals surface area contributed by atoms with Crippen molar-refractivity contribution >= 4 is 29.1 Å². The lowest BCUT2D eigenvalue weighted by atomic mass is 10.2. The predicted molar refractivity (Wildman–Crippen MR) is 82.8 cm³/mol. The second kappa shape index (κ2) is 6.23. The van der Waals surface area contributed by atoms with E-state index in [1.165, 1.54) is 11.2 Å². The number of furan rings is 1. The minimum atomic E-state index is -0.299. The van der Waals surface area contributed by atoms with E-state index in [0.29, 0.717) is 23.7 Å². The van der Waals surface area contributed by atoms with Gasteiger partial charge in [0.25, 0.3) is 5.91 Å². The fraction of sp³-hybridized carbons (Fsp3) is 0.250. The second-order valence-electron chi connectivity index (χ2n) is 5.09. The minimum Gasteiger partial charge on any atom is -0.459 e. The number of halogens is 1. The van der Waals surface area contributed by atoms with Gasteiger partial charge in [0.15, 0.2) is 5.76 Å². The molecule has 1 aromatic heterocycles. The van der Waals surface area contributed by atoms with E-state index in [9.17, 15) is 9.59 Å². The van der Waals surface area contributed by atoms with Crippen LogP contribution in [0.1, 0.15) is 23.4 Å². The van der Waals surface area contributed by atoms with Crippen LogP contribution >= 0.6 is 11.6 Å². The lowest BCUT2D eigenvalue weighted by Gasteiger charge is -2.27. The summed E-state index contributed by atoms with van der Waals surface area (Å²) in [5.41, 5.74) is 0.633. The van der Waals surface area contributed by atoms with E-state index in [4.69, 9.17) is 16.0 Å². The molecule has 0 N–H and O–H groups in total. The first-order valence-electron chi connectivity index (χ1n) is 7.04. The maximum absolute atomic E-state index is 12.7. The molecule has 1 aliphatic heterocycles. The fourth-order valence-electron chi connectivity index (χ4n) is 2.46. The maximum Gasteiger partial charge on any atom is 0.295 e. The maximum atomic E-state index is 12.7. The SMILES string of the molecule is O=C1CCCN1CN(C(=O)c1ccco1)c1cccc(Cl)c1. The van der Waals surface area contributed by atoms with Gasteiger partial charge in [0.2, 0.25) is 5.91 Å². The molecule has 0 atom stereocenters. The standard InChI is InChI=1S/C16H15ClN2O3/c17-12-4-1-5-13(10-12)19(11-18-8-2-7-15(18)20)16(21)14-6-3-9-22-14/h1,3-6,9-10H,2,7-8,11H2. The van der Waals surface area contributed by atoms with Gasteiger partial charge in [-0.3, -0.25) is 14.5 Å². The van der Waals surface area contributed by atoms with E-state index in [0.717, 1.165) is 6.42 Å². The molecule has 2 heterocycles. The van der Waals surface area contributed by atoms with Crippen molar-refractivity contribution < 1.29 is 14.0 Å². The Morgan fingerprint density at radius 1 is 1.32 bits per heavy atom. The lowest BCUT2D eigenvalue weighted by Crippen LogP contribution is -2.42. The molecule has 0 unspecified atom stereocenters. The van der Waals surface area contributed by atoms with E-state index >= 15 is 0 Å². The largest absolute Gasteiger partial charge is 0.459 e. The van der Waals surface area contributed by atoms with Gasteiger partial charge >= 0.3 is 0 Å². The highest BCUT2D eigenvalue weighted by Gasteiger charge is 2.27. The first-order chi connectivity index (χ1) is 10.6. The van der Waals surface area contributed by atoms with E-state index in [1.807, 2.05) is 0 Å². The predicted octanol–water partition coefficient (Wildman–Crippen LogP) is 3.16. The van der Waals surface area contributed by atoms with Crippen molar-refractivity contribution in [3.8, 4) is 0 Å². The third-order valence-corrected chi connectivity index (χ3v) is 3.82. The van der Waals surface area contributed by atoms with E-state index in [1.54, 1.807) is 41.3 Å². The molecule has 5 nitrogen and oxygen atoms in total. The molecule has 0 aliphatic carbocycles. The summed E-state index contributed by atoms with van der Waals surface area (Å²) >= 11 is 6.02. The molecule has 0 radical (unpaired) electrons. The highest BCUT2D eigenvalue weighted by Crippen LogP contribution is 2.23. The van der Waals surface area contributed by atoms with Crippen LogP contribution in [0.5, 0.6) is 0 Å². The number of hydrogen-bond acceptors (Lipinski definition) is 3. The van der Waals surface area contributed by atoms with Gasteiger partial charge in [-0.25, -0.2) is 0 Å². The van der Waals surface area contributed by atoms with Gasteiger partial charge < -0.3 is 9.32 Å². The fourth-order valence-corrected chi connectivity index (χ4v) is 2.65. The zero-order chi connectivity index (χ0) is 15.5. The number of anilines is 1. The number of likely N-dealkylation sites (tertiary alicyclic amines) is 1. The van der Waals surface area contributed by atoms with Gasteiger partial charge in [-0.2, -0.15) is 0 Å². The van der Waals surface area contributed by atoms with Crippen molar-refractivity contribution in [2.24, 2.45) is 0 Å². The summed E-state index contributed by atoms with van der Waals surface area (Å²) in [7, 11) is 0. The average Bonchev–Trinajstić information content (AvgIpc) is 3.16. The lowest BCUT2D eigenvalue weighted by molar-refractivity contribution is -0.127. The number of rotatable bonds is 4. The van der Waals surface area contributed by atoms with Gasteiger partial charge in [0, 0.05) is 23.7 Å². The molecular weight excluding hydrogens is 304 g/mol. The molecule has 2 aromatic rings. The Hall–Kier alpha value is -2.27. The monoisotopic (exact) mass is 318 g/mol.